The lowest BCUT2D eigenvalue weighted by Crippen LogP contribution is -2.54. The molecule has 0 aromatic carbocycles. The normalized spacial score (nSPS) is 33.0. The number of rotatable bonds is 4. The predicted octanol–water partition coefficient (Wildman–Crippen LogP) is 0.543. The van der Waals surface area contributed by atoms with Crippen molar-refractivity contribution in [1.82, 2.24) is 10.2 Å². The molecule has 4 atom stereocenters. The number of carboxylic acid groups (broad SMARTS) is 1. The molecule has 2 fully saturated rings. The van der Waals surface area contributed by atoms with Gasteiger partial charge in [-0.15, -0.1) is 0 Å². The summed E-state index contributed by atoms with van der Waals surface area (Å²) in [5, 5.41) is 12.1. The molecule has 21 heavy (non-hydrogen) atoms. The zero-order valence-electron chi connectivity index (χ0n) is 12.6. The zero-order chi connectivity index (χ0) is 15.4. The third kappa shape index (κ3) is 4.07. The molecule has 7 heteroatoms. The van der Waals surface area contributed by atoms with E-state index >= 15 is 0 Å². The van der Waals surface area contributed by atoms with E-state index in [-0.39, 0.29) is 30.6 Å². The van der Waals surface area contributed by atoms with Crippen LogP contribution in [-0.4, -0.2) is 67.1 Å². The average Bonchev–Trinajstić information content (AvgIpc) is 2.85. The van der Waals surface area contributed by atoms with Crippen LogP contribution in [-0.2, 0) is 14.3 Å². The molecule has 2 aliphatic heterocycles. The van der Waals surface area contributed by atoms with Crippen LogP contribution < -0.4 is 5.32 Å². The highest BCUT2D eigenvalue weighted by Crippen LogP contribution is 2.22. The molecular weight excluding hydrogens is 276 g/mol. The molecule has 0 saturated carbocycles. The van der Waals surface area contributed by atoms with Gasteiger partial charge in [-0.1, -0.05) is 6.92 Å². The molecule has 0 radical (unpaired) electrons. The van der Waals surface area contributed by atoms with E-state index in [1.165, 1.54) is 0 Å². The molecule has 0 aliphatic carbocycles. The number of carbonyl (C=O) groups excluding carboxylic acids is 1. The van der Waals surface area contributed by atoms with E-state index in [4.69, 9.17) is 14.6 Å². The van der Waals surface area contributed by atoms with Crippen LogP contribution >= 0.6 is 0 Å². The van der Waals surface area contributed by atoms with Gasteiger partial charge < -0.3 is 24.8 Å². The molecule has 2 heterocycles. The lowest BCUT2D eigenvalue weighted by Gasteiger charge is -2.35. The first-order chi connectivity index (χ1) is 10.0. The minimum atomic E-state index is -0.837. The Balaban J connectivity index is 1.91. The van der Waals surface area contributed by atoms with Crippen LogP contribution in [0.1, 0.15) is 20.3 Å². The lowest BCUT2D eigenvalue weighted by atomic mass is 9.91. The first kappa shape index (κ1) is 16.0. The molecule has 0 spiro atoms. The number of piperidine rings is 1. The summed E-state index contributed by atoms with van der Waals surface area (Å²) in [6.45, 7) is 6.20. The maximum atomic E-state index is 12.3. The van der Waals surface area contributed by atoms with Gasteiger partial charge in [0.15, 0.2) is 0 Å². The lowest BCUT2D eigenvalue weighted by molar-refractivity contribution is -0.143. The van der Waals surface area contributed by atoms with Gasteiger partial charge >= 0.3 is 12.0 Å². The summed E-state index contributed by atoms with van der Waals surface area (Å²) in [6.07, 6.45) is 0.490. The smallest absolute Gasteiger partial charge is 0.317 e. The van der Waals surface area contributed by atoms with Crippen LogP contribution in [0.25, 0.3) is 0 Å². The summed E-state index contributed by atoms with van der Waals surface area (Å²) in [4.78, 5) is 25.1. The van der Waals surface area contributed by atoms with Gasteiger partial charge in [-0.25, -0.2) is 4.79 Å². The first-order valence-electron chi connectivity index (χ1n) is 7.48. The second-order valence-electron chi connectivity index (χ2n) is 5.87. The van der Waals surface area contributed by atoms with E-state index in [2.05, 4.69) is 5.32 Å². The number of aliphatic carboxylic acids is 1. The minimum Gasteiger partial charge on any atom is -0.481 e. The van der Waals surface area contributed by atoms with Crippen molar-refractivity contribution in [3.63, 3.8) is 0 Å². The van der Waals surface area contributed by atoms with E-state index < -0.39 is 11.9 Å². The van der Waals surface area contributed by atoms with E-state index in [0.717, 1.165) is 0 Å². The Morgan fingerprint density at radius 1 is 1.38 bits per heavy atom. The number of nitrogens with zero attached hydrogens (tertiary/aromatic N) is 1. The van der Waals surface area contributed by atoms with E-state index in [0.29, 0.717) is 32.8 Å². The molecule has 0 aromatic heterocycles. The number of carboxylic acids is 1. The molecule has 2 rings (SSSR count). The number of likely N-dealkylation sites (tertiary alicyclic amines) is 1. The topological polar surface area (TPSA) is 88.1 Å². The van der Waals surface area contributed by atoms with E-state index in [1.807, 2.05) is 13.8 Å². The number of carbonyl (C=O) groups is 2. The number of hydrogen-bond acceptors (Lipinski definition) is 4. The monoisotopic (exact) mass is 300 g/mol. The summed E-state index contributed by atoms with van der Waals surface area (Å²) in [5.74, 6) is -1.13. The molecule has 7 nitrogen and oxygen atoms in total. The summed E-state index contributed by atoms with van der Waals surface area (Å²) >= 11 is 0. The van der Waals surface area contributed by atoms with Gasteiger partial charge in [0, 0.05) is 19.7 Å². The van der Waals surface area contributed by atoms with Gasteiger partial charge in [-0.2, -0.15) is 0 Å². The van der Waals surface area contributed by atoms with E-state index in [9.17, 15) is 9.59 Å². The summed E-state index contributed by atoms with van der Waals surface area (Å²) < 4.78 is 10.9. The molecule has 2 N–H and O–H groups in total. The van der Waals surface area contributed by atoms with Crippen molar-refractivity contribution in [2.75, 3.05) is 32.9 Å². The maximum Gasteiger partial charge on any atom is 0.317 e. The molecule has 120 valence electrons. The molecule has 2 unspecified atom stereocenters. The van der Waals surface area contributed by atoms with Gasteiger partial charge in [0.1, 0.15) is 6.10 Å². The highest BCUT2D eigenvalue weighted by atomic mass is 16.5. The van der Waals surface area contributed by atoms with Crippen molar-refractivity contribution in [1.29, 1.82) is 0 Å². The minimum absolute atomic E-state index is 0.128. The standard InChI is InChI=1S/C14H24N2O5/c1-3-21-12-8-20-7-11(12)15-14(19)16-5-9(2)4-10(6-16)13(17)18/h9-12H,3-8H2,1-2H3,(H,15,19)(H,17,18)/t9?,10?,11-,12-/m1/s1. The van der Waals surface area contributed by atoms with Crippen molar-refractivity contribution in [3.8, 4) is 0 Å². The third-order valence-electron chi connectivity index (χ3n) is 4.01. The van der Waals surface area contributed by atoms with Gasteiger partial charge in [-0.3, -0.25) is 4.79 Å². The number of amides is 2. The van der Waals surface area contributed by atoms with Crippen molar-refractivity contribution in [2.24, 2.45) is 11.8 Å². The first-order valence-corrected chi connectivity index (χ1v) is 7.48. The number of nitrogens with one attached hydrogen (secondary N) is 1. The highest BCUT2D eigenvalue weighted by molar-refractivity contribution is 5.77. The van der Waals surface area contributed by atoms with Crippen LogP contribution in [0, 0.1) is 11.8 Å². The average molecular weight is 300 g/mol. The largest absolute Gasteiger partial charge is 0.481 e. The van der Waals surface area contributed by atoms with Gasteiger partial charge in [0.2, 0.25) is 0 Å². The Morgan fingerprint density at radius 2 is 2.14 bits per heavy atom. The van der Waals surface area contributed by atoms with Gasteiger partial charge in [-0.05, 0) is 19.3 Å². The predicted molar refractivity (Wildman–Crippen MR) is 75.0 cm³/mol. The molecular formula is C14H24N2O5. The van der Waals surface area contributed by atoms with Crippen LogP contribution in [0.3, 0.4) is 0 Å². The second kappa shape index (κ2) is 7.09. The molecule has 2 amide bonds. The third-order valence-corrected chi connectivity index (χ3v) is 4.01. The molecule has 0 bridgehead atoms. The Bertz CT molecular complexity index is 390. The summed E-state index contributed by atoms with van der Waals surface area (Å²) in [6, 6.07) is -0.397. The van der Waals surface area contributed by atoms with Crippen LogP contribution in [0.5, 0.6) is 0 Å². The fourth-order valence-corrected chi connectivity index (χ4v) is 2.99. The fourth-order valence-electron chi connectivity index (χ4n) is 2.99. The van der Waals surface area contributed by atoms with Crippen molar-refractivity contribution >= 4 is 12.0 Å². The van der Waals surface area contributed by atoms with E-state index in [1.54, 1.807) is 4.90 Å². The summed E-state index contributed by atoms with van der Waals surface area (Å²) in [5.41, 5.74) is 0. The van der Waals surface area contributed by atoms with Gasteiger partial charge in [0.25, 0.3) is 0 Å². The SMILES string of the molecule is CCO[C@@H]1COC[C@H]1NC(=O)N1CC(C)CC(C(=O)O)C1. The van der Waals surface area contributed by atoms with Crippen LogP contribution in [0.4, 0.5) is 4.79 Å². The fraction of sp³-hybridized carbons (Fsp3) is 0.857. The van der Waals surface area contributed by atoms with Crippen LogP contribution in [0.15, 0.2) is 0 Å². The van der Waals surface area contributed by atoms with Crippen molar-refractivity contribution in [3.05, 3.63) is 0 Å². The van der Waals surface area contributed by atoms with Crippen molar-refractivity contribution in [2.45, 2.75) is 32.4 Å². The van der Waals surface area contributed by atoms with Crippen molar-refractivity contribution < 1.29 is 24.2 Å². The molecule has 2 aliphatic rings. The highest BCUT2D eigenvalue weighted by Gasteiger charge is 2.35. The summed E-state index contributed by atoms with van der Waals surface area (Å²) in [7, 11) is 0. The number of hydrogen-bond donors (Lipinski definition) is 2. The Kier molecular flexibility index (Phi) is 5.41. The molecule has 2 saturated heterocycles. The zero-order valence-corrected chi connectivity index (χ0v) is 12.6. The quantitative estimate of drug-likeness (QED) is 0.791. The Labute approximate surface area is 124 Å². The second-order valence-corrected chi connectivity index (χ2v) is 5.87. The number of ether oxygens (including phenoxy) is 2. The number of urea groups is 1. The van der Waals surface area contributed by atoms with Crippen LogP contribution in [0.2, 0.25) is 0 Å². The molecule has 0 aromatic rings. The Hall–Kier alpha value is -1.34. The maximum absolute atomic E-state index is 12.3. The Morgan fingerprint density at radius 3 is 2.81 bits per heavy atom. The van der Waals surface area contributed by atoms with Gasteiger partial charge in [0.05, 0.1) is 25.2 Å².